The van der Waals surface area contributed by atoms with Crippen molar-refractivity contribution < 1.29 is 5.11 Å². The van der Waals surface area contributed by atoms with Crippen LogP contribution >= 0.6 is 11.3 Å². The van der Waals surface area contributed by atoms with Crippen molar-refractivity contribution in [1.82, 2.24) is 9.80 Å². The van der Waals surface area contributed by atoms with Gasteiger partial charge in [-0.05, 0) is 39.5 Å². The summed E-state index contributed by atoms with van der Waals surface area (Å²) in [5.41, 5.74) is 1.03. The molecule has 1 aliphatic heterocycles. The smallest absolute Gasteiger partial charge is 0.104 e. The third-order valence-corrected chi connectivity index (χ3v) is 4.32. The van der Waals surface area contributed by atoms with Gasteiger partial charge >= 0.3 is 0 Å². The van der Waals surface area contributed by atoms with E-state index in [1.807, 2.05) is 0 Å². The Morgan fingerprint density at radius 1 is 1.53 bits per heavy atom. The summed E-state index contributed by atoms with van der Waals surface area (Å²) >= 11 is 1.77. The monoisotopic (exact) mass is 278 g/mol. The zero-order valence-electron chi connectivity index (χ0n) is 11.7. The van der Waals surface area contributed by atoms with Crippen LogP contribution in [0.3, 0.4) is 0 Å². The van der Waals surface area contributed by atoms with Crippen LogP contribution < -0.4 is 0 Å². The maximum absolute atomic E-state index is 8.70. The molecule has 0 radical (unpaired) electrons. The molecule has 0 saturated carbocycles. The molecule has 104 valence electrons. The predicted octanol–water partition coefficient (Wildman–Crippen LogP) is 1.62. The van der Waals surface area contributed by atoms with E-state index < -0.39 is 0 Å². The van der Waals surface area contributed by atoms with Gasteiger partial charge in [0.15, 0.2) is 0 Å². The minimum Gasteiger partial charge on any atom is -0.384 e. The topological polar surface area (TPSA) is 26.7 Å². The molecule has 0 amide bonds. The first kappa shape index (κ1) is 14.5. The number of hydrogen-bond donors (Lipinski definition) is 1. The summed E-state index contributed by atoms with van der Waals surface area (Å²) in [7, 11) is 4.29. The van der Waals surface area contributed by atoms with Crippen molar-refractivity contribution in [2.75, 3.05) is 33.8 Å². The molecule has 1 fully saturated rings. The Bertz CT molecular complexity index is 458. The van der Waals surface area contributed by atoms with E-state index in [9.17, 15) is 0 Å². The fraction of sp³-hybridized carbons (Fsp3) is 0.600. The van der Waals surface area contributed by atoms with Crippen LogP contribution in [0, 0.1) is 11.8 Å². The minimum absolute atomic E-state index is 0.0672. The first-order chi connectivity index (χ1) is 9.19. The quantitative estimate of drug-likeness (QED) is 0.848. The zero-order valence-corrected chi connectivity index (χ0v) is 12.5. The number of rotatable bonds is 4. The standard InChI is InChI=1S/C15H22N2OS/c1-16(2)10-14-6-3-7-17(14)11-15-9-13(12-19-15)5-4-8-18/h9,12,14,18H,3,6-8,10-11H2,1-2H3. The Kier molecular flexibility index (Phi) is 5.41. The van der Waals surface area contributed by atoms with Crippen LogP contribution in [0.2, 0.25) is 0 Å². The molecule has 1 aromatic heterocycles. The van der Waals surface area contributed by atoms with Crippen molar-refractivity contribution in [2.24, 2.45) is 0 Å². The average Bonchev–Trinajstić information content (AvgIpc) is 2.97. The van der Waals surface area contributed by atoms with Crippen LogP contribution in [0.1, 0.15) is 23.3 Å². The highest BCUT2D eigenvalue weighted by atomic mass is 32.1. The van der Waals surface area contributed by atoms with Gasteiger partial charge in [-0.3, -0.25) is 4.90 Å². The van der Waals surface area contributed by atoms with Gasteiger partial charge in [-0.15, -0.1) is 11.3 Å². The molecular weight excluding hydrogens is 256 g/mol. The van der Waals surface area contributed by atoms with E-state index in [1.165, 1.54) is 24.3 Å². The van der Waals surface area contributed by atoms with E-state index in [2.05, 4.69) is 47.2 Å². The van der Waals surface area contributed by atoms with Crippen LogP contribution in [-0.2, 0) is 6.54 Å². The predicted molar refractivity (Wildman–Crippen MR) is 80.3 cm³/mol. The lowest BCUT2D eigenvalue weighted by molar-refractivity contribution is 0.202. The number of likely N-dealkylation sites (N-methyl/N-ethyl adjacent to an activating group) is 1. The molecule has 0 aromatic carbocycles. The molecule has 0 bridgehead atoms. The highest BCUT2D eigenvalue weighted by molar-refractivity contribution is 7.10. The first-order valence-electron chi connectivity index (χ1n) is 6.75. The molecule has 3 nitrogen and oxygen atoms in total. The van der Waals surface area contributed by atoms with Gasteiger partial charge in [-0.1, -0.05) is 11.8 Å². The van der Waals surface area contributed by atoms with Crippen LogP contribution in [0.4, 0.5) is 0 Å². The Hall–Kier alpha value is -0.860. The number of aliphatic hydroxyl groups is 1. The normalized spacial score (nSPS) is 19.7. The van der Waals surface area contributed by atoms with Crippen molar-refractivity contribution >= 4 is 11.3 Å². The molecule has 4 heteroatoms. The van der Waals surface area contributed by atoms with Crippen molar-refractivity contribution in [3.63, 3.8) is 0 Å². The van der Waals surface area contributed by atoms with Crippen molar-refractivity contribution in [2.45, 2.75) is 25.4 Å². The molecule has 0 aliphatic carbocycles. The third kappa shape index (κ3) is 4.32. The van der Waals surface area contributed by atoms with E-state index >= 15 is 0 Å². The van der Waals surface area contributed by atoms with Crippen molar-refractivity contribution in [3.05, 3.63) is 21.9 Å². The van der Waals surface area contributed by atoms with Crippen molar-refractivity contribution in [1.29, 1.82) is 0 Å². The molecular formula is C15H22N2OS. The molecule has 1 aromatic rings. The molecule has 2 rings (SSSR count). The highest BCUT2D eigenvalue weighted by Gasteiger charge is 2.25. The van der Waals surface area contributed by atoms with E-state index in [4.69, 9.17) is 5.11 Å². The number of aliphatic hydroxyl groups excluding tert-OH is 1. The second-order valence-corrected chi connectivity index (χ2v) is 6.29. The second-order valence-electron chi connectivity index (χ2n) is 5.29. The zero-order chi connectivity index (χ0) is 13.7. The highest BCUT2D eigenvalue weighted by Crippen LogP contribution is 2.23. The fourth-order valence-corrected chi connectivity index (χ4v) is 3.44. The molecule has 0 spiro atoms. The Labute approximate surface area is 119 Å². The summed E-state index contributed by atoms with van der Waals surface area (Å²) < 4.78 is 0. The van der Waals surface area contributed by atoms with Gasteiger partial charge in [-0.2, -0.15) is 0 Å². The Morgan fingerprint density at radius 2 is 2.37 bits per heavy atom. The Balaban J connectivity index is 1.94. The van der Waals surface area contributed by atoms with E-state index in [-0.39, 0.29) is 6.61 Å². The van der Waals surface area contributed by atoms with Crippen LogP contribution in [-0.4, -0.2) is 54.7 Å². The number of nitrogens with zero attached hydrogens (tertiary/aromatic N) is 2. The summed E-state index contributed by atoms with van der Waals surface area (Å²) in [6.45, 7) is 3.31. The van der Waals surface area contributed by atoms with Crippen LogP contribution in [0.15, 0.2) is 11.4 Å². The molecule has 1 saturated heterocycles. The van der Waals surface area contributed by atoms with Gasteiger partial charge in [0.05, 0.1) is 0 Å². The third-order valence-electron chi connectivity index (χ3n) is 3.40. The summed E-state index contributed by atoms with van der Waals surface area (Å²) in [4.78, 5) is 6.22. The molecule has 19 heavy (non-hydrogen) atoms. The summed E-state index contributed by atoms with van der Waals surface area (Å²) in [5.74, 6) is 5.67. The molecule has 1 atom stereocenters. The molecule has 1 unspecified atom stereocenters. The summed E-state index contributed by atoms with van der Waals surface area (Å²) in [6, 6.07) is 2.84. The average molecular weight is 278 g/mol. The minimum atomic E-state index is -0.0672. The van der Waals surface area contributed by atoms with E-state index in [0.29, 0.717) is 6.04 Å². The summed E-state index contributed by atoms with van der Waals surface area (Å²) in [6.07, 6.45) is 2.61. The lowest BCUT2D eigenvalue weighted by atomic mass is 10.2. The lowest BCUT2D eigenvalue weighted by Gasteiger charge is -2.26. The van der Waals surface area contributed by atoms with Gasteiger partial charge in [0.1, 0.15) is 6.61 Å². The maximum Gasteiger partial charge on any atom is 0.104 e. The van der Waals surface area contributed by atoms with Gasteiger partial charge in [0.25, 0.3) is 0 Å². The second kappa shape index (κ2) is 7.06. The van der Waals surface area contributed by atoms with Crippen LogP contribution in [0.5, 0.6) is 0 Å². The number of hydrogen-bond acceptors (Lipinski definition) is 4. The molecule has 1 N–H and O–H groups in total. The lowest BCUT2D eigenvalue weighted by Crippen LogP contribution is -2.36. The molecule has 1 aliphatic rings. The van der Waals surface area contributed by atoms with Crippen LogP contribution in [0.25, 0.3) is 0 Å². The largest absolute Gasteiger partial charge is 0.384 e. The first-order valence-corrected chi connectivity index (χ1v) is 7.63. The van der Waals surface area contributed by atoms with Crippen molar-refractivity contribution in [3.8, 4) is 11.8 Å². The maximum atomic E-state index is 8.70. The number of likely N-dealkylation sites (tertiary alicyclic amines) is 1. The summed E-state index contributed by atoms with van der Waals surface area (Å²) in [5, 5.41) is 10.8. The van der Waals surface area contributed by atoms with Gasteiger partial charge in [-0.25, -0.2) is 0 Å². The SMILES string of the molecule is CN(C)CC1CCCN1Cc1cc(C#CCO)cs1. The van der Waals surface area contributed by atoms with Gasteiger partial charge < -0.3 is 10.0 Å². The van der Waals surface area contributed by atoms with Gasteiger partial charge in [0.2, 0.25) is 0 Å². The number of thiophene rings is 1. The Morgan fingerprint density at radius 3 is 3.11 bits per heavy atom. The van der Waals surface area contributed by atoms with E-state index in [0.717, 1.165) is 18.7 Å². The van der Waals surface area contributed by atoms with E-state index in [1.54, 1.807) is 11.3 Å². The fourth-order valence-electron chi connectivity index (χ4n) is 2.60. The molecule has 2 heterocycles. The van der Waals surface area contributed by atoms with Gasteiger partial charge in [0, 0.05) is 35.0 Å².